The molecule has 3 rings (SSSR count). The maximum Gasteiger partial charge on any atom is 0.224 e. The van der Waals surface area contributed by atoms with Gasteiger partial charge < -0.3 is 20.3 Å². The maximum atomic E-state index is 11.7. The second-order valence-electron chi connectivity index (χ2n) is 7.37. The van der Waals surface area contributed by atoms with Gasteiger partial charge in [-0.25, -0.2) is 0 Å². The second-order valence-corrected chi connectivity index (χ2v) is 7.37. The third kappa shape index (κ3) is 4.55. The van der Waals surface area contributed by atoms with E-state index in [9.17, 15) is 4.79 Å². The largest absolute Gasteiger partial charge is 0.381 e. The number of hydrogen-bond acceptors (Lipinski definition) is 3. The number of benzene rings is 1. The summed E-state index contributed by atoms with van der Waals surface area (Å²) in [4.78, 5) is 18.4. The molecule has 0 radical (unpaired) electrons. The molecule has 2 heterocycles. The molecule has 2 aliphatic heterocycles. The van der Waals surface area contributed by atoms with Crippen LogP contribution in [0.25, 0.3) is 0 Å². The highest BCUT2D eigenvalue weighted by Gasteiger charge is 2.42. The summed E-state index contributed by atoms with van der Waals surface area (Å²) in [5, 5.41) is 6.38. The number of guanidine groups is 1. The van der Waals surface area contributed by atoms with Gasteiger partial charge in [-0.1, -0.05) is 19.1 Å². The number of rotatable bonds is 5. The van der Waals surface area contributed by atoms with Crippen LogP contribution in [0.1, 0.15) is 38.2 Å². The van der Waals surface area contributed by atoms with Gasteiger partial charge in [-0.2, -0.15) is 0 Å². The van der Waals surface area contributed by atoms with Crippen LogP contribution in [0.4, 0.5) is 5.69 Å². The van der Waals surface area contributed by atoms with E-state index in [1.165, 1.54) is 6.42 Å². The highest BCUT2D eigenvalue weighted by molar-refractivity contribution is 5.90. The Labute approximate surface area is 156 Å². The Morgan fingerprint density at radius 3 is 2.77 bits per heavy atom. The van der Waals surface area contributed by atoms with Gasteiger partial charge in [0.25, 0.3) is 0 Å². The van der Waals surface area contributed by atoms with Gasteiger partial charge in [0.05, 0.1) is 6.61 Å². The lowest BCUT2D eigenvalue weighted by molar-refractivity contribution is -0.116. The fourth-order valence-electron chi connectivity index (χ4n) is 3.76. The topological polar surface area (TPSA) is 66.0 Å². The first-order chi connectivity index (χ1) is 12.6. The lowest BCUT2D eigenvalue weighted by Gasteiger charge is -2.25. The van der Waals surface area contributed by atoms with Gasteiger partial charge in [0, 0.05) is 50.8 Å². The molecule has 6 heteroatoms. The van der Waals surface area contributed by atoms with Crippen molar-refractivity contribution in [3.63, 3.8) is 0 Å². The first-order valence-electron chi connectivity index (χ1n) is 9.56. The van der Waals surface area contributed by atoms with Crippen LogP contribution in [0.3, 0.4) is 0 Å². The third-order valence-electron chi connectivity index (χ3n) is 5.30. The van der Waals surface area contributed by atoms with Crippen molar-refractivity contribution in [2.24, 2.45) is 10.4 Å². The van der Waals surface area contributed by atoms with Crippen LogP contribution in [0, 0.1) is 5.41 Å². The summed E-state index contributed by atoms with van der Waals surface area (Å²) >= 11 is 0. The Morgan fingerprint density at radius 1 is 1.31 bits per heavy atom. The number of nitrogens with one attached hydrogen (secondary N) is 2. The summed E-state index contributed by atoms with van der Waals surface area (Å²) in [6.07, 6.45) is 3.75. The minimum atomic E-state index is 0.0673. The van der Waals surface area contributed by atoms with Gasteiger partial charge in [-0.15, -0.1) is 0 Å². The summed E-state index contributed by atoms with van der Waals surface area (Å²) in [7, 11) is 1.84. The van der Waals surface area contributed by atoms with Gasteiger partial charge in [0.2, 0.25) is 5.91 Å². The van der Waals surface area contributed by atoms with E-state index >= 15 is 0 Å². The molecule has 0 saturated carbocycles. The van der Waals surface area contributed by atoms with Crippen molar-refractivity contribution < 1.29 is 9.53 Å². The van der Waals surface area contributed by atoms with Crippen molar-refractivity contribution in [2.45, 2.75) is 39.2 Å². The number of anilines is 1. The lowest BCUT2D eigenvalue weighted by Crippen LogP contribution is -2.41. The predicted octanol–water partition coefficient (Wildman–Crippen LogP) is 2.61. The van der Waals surface area contributed by atoms with Crippen molar-refractivity contribution in [1.82, 2.24) is 10.2 Å². The number of carbonyl (C=O) groups is 1. The Balaban J connectivity index is 1.50. The third-order valence-corrected chi connectivity index (χ3v) is 5.30. The first kappa shape index (κ1) is 18.7. The van der Waals surface area contributed by atoms with Gasteiger partial charge in [0.1, 0.15) is 0 Å². The Morgan fingerprint density at radius 2 is 2.12 bits per heavy atom. The fourth-order valence-corrected chi connectivity index (χ4v) is 3.76. The van der Waals surface area contributed by atoms with Crippen LogP contribution in [0.5, 0.6) is 0 Å². The molecule has 1 amide bonds. The zero-order valence-electron chi connectivity index (χ0n) is 15.9. The van der Waals surface area contributed by atoms with E-state index in [0.29, 0.717) is 11.8 Å². The molecule has 2 saturated heterocycles. The van der Waals surface area contributed by atoms with Crippen molar-refractivity contribution in [3.8, 4) is 0 Å². The van der Waals surface area contributed by atoms with E-state index in [1.54, 1.807) is 0 Å². The maximum absolute atomic E-state index is 11.7. The standard InChI is InChI=1S/C20H30N4O2/c1-3-4-18(25)23-17-7-5-16(6-8-17)13-22-19(21-2)24-11-9-20(14-24)10-12-26-15-20/h5-8H,3-4,9-15H2,1-2H3,(H,21,22)(H,23,25). The molecule has 0 aliphatic carbocycles. The van der Waals surface area contributed by atoms with Gasteiger partial charge in [-0.3, -0.25) is 9.79 Å². The Bertz CT molecular complexity index is 636. The van der Waals surface area contributed by atoms with Crippen LogP contribution in [0.15, 0.2) is 29.3 Å². The molecule has 1 spiro atoms. The molecule has 1 aromatic rings. The van der Waals surface area contributed by atoms with Crippen molar-refractivity contribution in [3.05, 3.63) is 29.8 Å². The number of amides is 1. The van der Waals surface area contributed by atoms with Crippen LogP contribution in [-0.2, 0) is 16.1 Å². The van der Waals surface area contributed by atoms with Gasteiger partial charge in [-0.05, 0) is 37.0 Å². The highest BCUT2D eigenvalue weighted by Crippen LogP contribution is 2.38. The minimum Gasteiger partial charge on any atom is -0.381 e. The van der Waals surface area contributed by atoms with Gasteiger partial charge in [0.15, 0.2) is 5.96 Å². The molecular weight excluding hydrogens is 328 g/mol. The van der Waals surface area contributed by atoms with E-state index in [4.69, 9.17) is 4.74 Å². The molecule has 1 atom stereocenters. The Kier molecular flexibility index (Phi) is 6.14. The van der Waals surface area contributed by atoms with E-state index < -0.39 is 0 Å². The monoisotopic (exact) mass is 358 g/mol. The summed E-state index contributed by atoms with van der Waals surface area (Å²) in [5.74, 6) is 1.02. The van der Waals surface area contributed by atoms with Crippen LogP contribution in [0.2, 0.25) is 0 Å². The van der Waals surface area contributed by atoms with Crippen LogP contribution >= 0.6 is 0 Å². The minimum absolute atomic E-state index is 0.0673. The number of carbonyl (C=O) groups excluding carboxylic acids is 1. The molecule has 2 aliphatic rings. The average Bonchev–Trinajstić information content (AvgIpc) is 3.27. The highest BCUT2D eigenvalue weighted by atomic mass is 16.5. The van der Waals surface area contributed by atoms with Crippen LogP contribution in [-0.4, -0.2) is 50.1 Å². The number of nitrogens with zero attached hydrogens (tertiary/aromatic N) is 2. The number of hydrogen-bond donors (Lipinski definition) is 2. The molecule has 26 heavy (non-hydrogen) atoms. The Hall–Kier alpha value is -2.08. The SMILES string of the molecule is CCCC(=O)Nc1ccc(CNC(=NC)N2CCC3(CCOC3)C2)cc1. The van der Waals surface area contributed by atoms with E-state index in [2.05, 4.69) is 20.5 Å². The molecule has 1 unspecified atom stereocenters. The first-order valence-corrected chi connectivity index (χ1v) is 9.56. The average molecular weight is 358 g/mol. The number of likely N-dealkylation sites (tertiary alicyclic amines) is 1. The molecule has 2 fully saturated rings. The summed E-state index contributed by atoms with van der Waals surface area (Å²) in [6, 6.07) is 7.98. The molecule has 0 aromatic heterocycles. The van der Waals surface area contributed by atoms with Crippen molar-refractivity contribution in [2.75, 3.05) is 38.7 Å². The zero-order valence-corrected chi connectivity index (χ0v) is 15.9. The number of ether oxygens (including phenoxy) is 1. The molecule has 2 N–H and O–H groups in total. The normalized spacial score (nSPS) is 22.8. The summed E-state index contributed by atoms with van der Waals surface area (Å²) in [6.45, 7) is 6.55. The summed E-state index contributed by atoms with van der Waals surface area (Å²) < 4.78 is 5.61. The molecule has 6 nitrogen and oxygen atoms in total. The van der Waals surface area contributed by atoms with E-state index in [1.807, 2.05) is 38.2 Å². The quantitative estimate of drug-likeness (QED) is 0.627. The predicted molar refractivity (Wildman–Crippen MR) is 104 cm³/mol. The second kappa shape index (κ2) is 8.54. The van der Waals surface area contributed by atoms with Gasteiger partial charge >= 0.3 is 0 Å². The zero-order chi connectivity index (χ0) is 18.4. The van der Waals surface area contributed by atoms with Crippen molar-refractivity contribution >= 4 is 17.6 Å². The molecular formula is C20H30N4O2. The molecule has 1 aromatic carbocycles. The van der Waals surface area contributed by atoms with E-state index in [0.717, 1.165) is 62.9 Å². The lowest BCUT2D eigenvalue weighted by atomic mass is 9.87. The molecule has 0 bridgehead atoms. The van der Waals surface area contributed by atoms with Crippen molar-refractivity contribution in [1.29, 1.82) is 0 Å². The molecule has 142 valence electrons. The van der Waals surface area contributed by atoms with E-state index in [-0.39, 0.29) is 5.91 Å². The smallest absolute Gasteiger partial charge is 0.224 e. The number of aliphatic imine (C=N–C) groups is 1. The summed E-state index contributed by atoms with van der Waals surface area (Å²) in [5.41, 5.74) is 2.34. The van der Waals surface area contributed by atoms with Crippen LogP contribution < -0.4 is 10.6 Å². The fraction of sp³-hybridized carbons (Fsp3) is 0.600.